The molecule has 0 bridgehead atoms. The second-order valence-corrected chi connectivity index (χ2v) is 13.8. The Labute approximate surface area is 316 Å². The molecule has 0 saturated carbocycles. The summed E-state index contributed by atoms with van der Waals surface area (Å²) in [6.45, 7) is 7.88. The minimum absolute atomic E-state index is 0.0361. The number of carbonyl (C=O) groups excluding carboxylic acids is 3. The number of carbonyl (C=O) groups is 3. The molecule has 54 heavy (non-hydrogen) atoms. The van der Waals surface area contributed by atoms with Gasteiger partial charge in [-0.25, -0.2) is 22.4 Å². The van der Waals surface area contributed by atoms with Crippen LogP contribution in [0.3, 0.4) is 0 Å². The summed E-state index contributed by atoms with van der Waals surface area (Å²) >= 11 is 1.09. The average Bonchev–Trinajstić information content (AvgIpc) is 3.47. The molecule has 1 saturated heterocycles. The molecule has 0 radical (unpaired) electrons. The van der Waals surface area contributed by atoms with Crippen LogP contribution in [-0.4, -0.2) is 59.0 Å². The van der Waals surface area contributed by atoms with Gasteiger partial charge in [-0.2, -0.15) is 4.99 Å². The van der Waals surface area contributed by atoms with Gasteiger partial charge in [-0.05, 0) is 74.7 Å². The van der Waals surface area contributed by atoms with Crippen LogP contribution in [0.25, 0.3) is 0 Å². The largest absolute Gasteiger partial charge is 0.370 e. The lowest BCUT2D eigenvalue weighted by molar-refractivity contribution is -0.115. The lowest BCUT2D eigenvalue weighted by atomic mass is 10.0. The van der Waals surface area contributed by atoms with E-state index in [1.54, 1.807) is 62.7 Å². The molecule has 14 heteroatoms. The van der Waals surface area contributed by atoms with E-state index in [1.807, 2.05) is 26.8 Å². The van der Waals surface area contributed by atoms with Crippen molar-refractivity contribution in [3.8, 4) is 0 Å². The number of amidine groups is 1. The third-order valence-electron chi connectivity index (χ3n) is 8.26. The second-order valence-electron chi connectivity index (χ2n) is 12.9. The third-order valence-corrected chi connectivity index (χ3v) is 9.18. The van der Waals surface area contributed by atoms with Crippen molar-refractivity contribution in [3.63, 3.8) is 0 Å². The van der Waals surface area contributed by atoms with Crippen molar-refractivity contribution in [2.45, 2.75) is 66.4 Å². The van der Waals surface area contributed by atoms with Gasteiger partial charge < -0.3 is 15.0 Å². The van der Waals surface area contributed by atoms with Gasteiger partial charge in [-0.15, -0.1) is 0 Å². The van der Waals surface area contributed by atoms with Gasteiger partial charge in [0.2, 0.25) is 5.91 Å². The number of halogens is 4. The first kappa shape index (κ1) is 41.7. The van der Waals surface area contributed by atoms with Crippen molar-refractivity contribution in [3.05, 3.63) is 118 Å². The number of benzene rings is 3. The van der Waals surface area contributed by atoms with E-state index < -0.39 is 24.5 Å². The number of allylic oxidation sites excluding steroid dienone is 3. The molecule has 1 aliphatic heterocycles. The Hall–Kier alpha value is -5.08. The molecule has 1 heterocycles. The van der Waals surface area contributed by atoms with Crippen LogP contribution in [0.4, 0.5) is 33.7 Å². The minimum Gasteiger partial charge on any atom is -0.370 e. The SMILES string of the molecule is C/C=C/N=C(\C=C(/C)N(C)C(=O)c1ccc(C(C)(F)F)cc1)c1ccc(NC(=O)/N=C2\SCC(=O)N2c2cc(C)ccc2COCC(C)(F)F)c(CC)c1. The summed E-state index contributed by atoms with van der Waals surface area (Å²) in [4.78, 5) is 51.1. The van der Waals surface area contributed by atoms with Crippen molar-refractivity contribution in [2.75, 3.05) is 29.6 Å². The molecule has 0 spiro atoms. The number of nitrogens with one attached hydrogen (secondary N) is 1. The van der Waals surface area contributed by atoms with Gasteiger partial charge in [0.15, 0.2) is 5.17 Å². The second kappa shape index (κ2) is 17.8. The molecule has 286 valence electrons. The van der Waals surface area contributed by atoms with E-state index in [1.165, 1.54) is 34.1 Å². The van der Waals surface area contributed by atoms with E-state index in [0.29, 0.717) is 40.3 Å². The number of hydrogen-bond donors (Lipinski definition) is 1. The highest BCUT2D eigenvalue weighted by atomic mass is 32.2. The predicted molar refractivity (Wildman–Crippen MR) is 207 cm³/mol. The molecule has 3 aromatic rings. The molecular weight excluding hydrogens is 723 g/mol. The minimum atomic E-state index is -3.02. The summed E-state index contributed by atoms with van der Waals surface area (Å²) in [5.74, 6) is -6.71. The van der Waals surface area contributed by atoms with E-state index in [4.69, 9.17) is 4.74 Å². The van der Waals surface area contributed by atoms with E-state index in [-0.39, 0.29) is 40.5 Å². The Kier molecular flexibility index (Phi) is 13.8. The summed E-state index contributed by atoms with van der Waals surface area (Å²) in [7, 11) is 1.58. The summed E-state index contributed by atoms with van der Waals surface area (Å²) in [6, 6.07) is 15.0. The fourth-order valence-electron chi connectivity index (χ4n) is 5.33. The zero-order chi connectivity index (χ0) is 39.8. The quantitative estimate of drug-likeness (QED) is 0.138. The van der Waals surface area contributed by atoms with Crippen LogP contribution in [0.5, 0.6) is 0 Å². The first-order valence-electron chi connectivity index (χ1n) is 17.1. The molecule has 0 aromatic heterocycles. The maximum atomic E-state index is 13.7. The molecule has 1 N–H and O–H groups in total. The molecule has 4 rings (SSSR count). The number of aryl methyl sites for hydroxylation is 2. The van der Waals surface area contributed by atoms with Crippen LogP contribution in [0.1, 0.15) is 72.8 Å². The Bertz CT molecular complexity index is 2000. The van der Waals surface area contributed by atoms with Gasteiger partial charge in [-0.1, -0.05) is 55.1 Å². The van der Waals surface area contributed by atoms with Crippen LogP contribution >= 0.6 is 11.8 Å². The van der Waals surface area contributed by atoms with Gasteiger partial charge in [0.25, 0.3) is 17.8 Å². The zero-order valence-corrected chi connectivity index (χ0v) is 32.0. The monoisotopic (exact) mass is 765 g/mol. The van der Waals surface area contributed by atoms with Crippen molar-refractivity contribution in [2.24, 2.45) is 9.98 Å². The first-order valence-corrected chi connectivity index (χ1v) is 18.1. The first-order chi connectivity index (χ1) is 25.4. The molecule has 0 unspecified atom stereocenters. The number of nitrogens with zero attached hydrogens (tertiary/aromatic N) is 4. The Morgan fingerprint density at radius 3 is 2.33 bits per heavy atom. The van der Waals surface area contributed by atoms with Gasteiger partial charge in [0.1, 0.15) is 6.61 Å². The van der Waals surface area contributed by atoms with Gasteiger partial charge in [0.05, 0.1) is 23.8 Å². The number of urea groups is 1. The number of hydrogen-bond acceptors (Lipinski definition) is 6. The fourth-order valence-corrected chi connectivity index (χ4v) is 6.19. The number of alkyl halides is 4. The number of thioether (sulfide) groups is 1. The molecule has 9 nitrogen and oxygen atoms in total. The fraction of sp³-hybridized carbons (Fsp3) is 0.325. The van der Waals surface area contributed by atoms with E-state index >= 15 is 0 Å². The van der Waals surface area contributed by atoms with Crippen molar-refractivity contribution < 1.29 is 36.7 Å². The van der Waals surface area contributed by atoms with Gasteiger partial charge in [0, 0.05) is 60.7 Å². The molecule has 1 fully saturated rings. The average molecular weight is 766 g/mol. The standard InChI is InChI=1S/C40H43F4N5O4S/c1-8-18-45-33(20-26(4)48(7)36(51)28-12-15-31(16-13-28)40(6,43)44)29-14-17-32(27(9-2)21-29)46-37(52)47-38-49(35(50)23-54-38)34-19-25(3)10-11-30(34)22-53-24-39(5,41)42/h8,10-21H,9,22-24H2,1-7H3,(H,46,52)/b18-8+,26-20+,45-33+,47-38-. The Morgan fingerprint density at radius 2 is 1.70 bits per heavy atom. The number of anilines is 2. The van der Waals surface area contributed by atoms with Crippen molar-refractivity contribution in [1.82, 2.24) is 4.90 Å². The van der Waals surface area contributed by atoms with Gasteiger partial charge >= 0.3 is 6.03 Å². The Morgan fingerprint density at radius 1 is 1.02 bits per heavy atom. The number of rotatable bonds is 13. The molecule has 0 aliphatic carbocycles. The van der Waals surface area contributed by atoms with Crippen LogP contribution in [0.15, 0.2) is 94.7 Å². The Balaban J connectivity index is 1.56. The van der Waals surface area contributed by atoms with E-state index in [2.05, 4.69) is 15.3 Å². The molecule has 0 atom stereocenters. The number of aliphatic imine (C=N–C) groups is 2. The topological polar surface area (TPSA) is 104 Å². The van der Waals surface area contributed by atoms with E-state index in [9.17, 15) is 31.9 Å². The van der Waals surface area contributed by atoms with Crippen molar-refractivity contribution in [1.29, 1.82) is 0 Å². The summed E-state index contributed by atoms with van der Waals surface area (Å²) < 4.78 is 59.4. The molecule has 1 aliphatic rings. The summed E-state index contributed by atoms with van der Waals surface area (Å²) in [6.07, 6.45) is 5.61. The van der Waals surface area contributed by atoms with Crippen LogP contribution in [0.2, 0.25) is 0 Å². The predicted octanol–water partition coefficient (Wildman–Crippen LogP) is 9.51. The lowest BCUT2D eigenvalue weighted by Gasteiger charge is -2.21. The van der Waals surface area contributed by atoms with Gasteiger partial charge in [-0.3, -0.25) is 19.5 Å². The molecule has 4 amide bonds. The normalized spacial score (nSPS) is 15.1. The van der Waals surface area contributed by atoms with Crippen LogP contribution in [-0.2, 0) is 28.5 Å². The lowest BCUT2D eigenvalue weighted by Crippen LogP contribution is -2.31. The highest BCUT2D eigenvalue weighted by Crippen LogP contribution is 2.32. The van der Waals surface area contributed by atoms with Crippen LogP contribution in [0, 0.1) is 6.92 Å². The molecular formula is C40H43F4N5O4S. The maximum Gasteiger partial charge on any atom is 0.347 e. The van der Waals surface area contributed by atoms with Crippen LogP contribution < -0.4 is 10.2 Å². The van der Waals surface area contributed by atoms with Crippen molar-refractivity contribution >= 4 is 51.9 Å². The highest BCUT2D eigenvalue weighted by molar-refractivity contribution is 8.15. The maximum absolute atomic E-state index is 13.7. The highest BCUT2D eigenvalue weighted by Gasteiger charge is 2.33. The summed E-state index contributed by atoms with van der Waals surface area (Å²) in [5.41, 5.74) is 4.77. The zero-order valence-electron chi connectivity index (χ0n) is 31.2. The third kappa shape index (κ3) is 11.0. The number of ether oxygens (including phenoxy) is 1. The smallest absolute Gasteiger partial charge is 0.347 e. The summed E-state index contributed by atoms with van der Waals surface area (Å²) in [5, 5.41) is 2.95. The molecule has 3 aromatic carbocycles. The number of amides is 4. The van der Waals surface area contributed by atoms with E-state index in [0.717, 1.165) is 36.7 Å².